The van der Waals surface area contributed by atoms with Crippen LogP contribution in [-0.4, -0.2) is 5.78 Å². The first-order valence-corrected chi connectivity index (χ1v) is 5.60. The number of aryl methyl sites for hydroxylation is 1. The maximum Gasteiger partial charge on any atom is 0.185 e. The zero-order valence-corrected chi connectivity index (χ0v) is 9.76. The molecule has 17 heavy (non-hydrogen) atoms. The summed E-state index contributed by atoms with van der Waals surface area (Å²) in [7, 11) is 0. The molecule has 0 aliphatic carbocycles. The highest BCUT2D eigenvalue weighted by Crippen LogP contribution is 2.10. The van der Waals surface area contributed by atoms with Crippen molar-refractivity contribution in [2.45, 2.75) is 6.92 Å². The van der Waals surface area contributed by atoms with E-state index < -0.39 is 0 Å². The van der Waals surface area contributed by atoms with Crippen LogP contribution in [0.2, 0.25) is 0 Å². The van der Waals surface area contributed by atoms with E-state index in [-0.39, 0.29) is 5.78 Å². The first-order chi connectivity index (χ1) is 8.27. The van der Waals surface area contributed by atoms with Crippen LogP contribution in [0.1, 0.15) is 21.5 Å². The lowest BCUT2D eigenvalue weighted by Crippen LogP contribution is -1.92. The van der Waals surface area contributed by atoms with E-state index in [9.17, 15) is 4.79 Å². The fraction of sp³-hybridized carbons (Fsp3) is 0.0625. The van der Waals surface area contributed by atoms with Crippen molar-refractivity contribution >= 4 is 11.9 Å². The largest absolute Gasteiger partial charge is 0.289 e. The molecule has 2 aromatic carbocycles. The molecule has 0 aliphatic heterocycles. The van der Waals surface area contributed by atoms with Gasteiger partial charge in [0.15, 0.2) is 5.78 Å². The molecule has 0 radical (unpaired) electrons. The molecule has 0 N–H and O–H groups in total. The molecule has 0 spiro atoms. The van der Waals surface area contributed by atoms with E-state index in [1.807, 2.05) is 67.6 Å². The molecule has 0 amide bonds. The minimum atomic E-state index is 0.0360. The second kappa shape index (κ2) is 5.26. The summed E-state index contributed by atoms with van der Waals surface area (Å²) in [5, 5.41) is 0. The van der Waals surface area contributed by atoms with Gasteiger partial charge in [0.2, 0.25) is 0 Å². The van der Waals surface area contributed by atoms with Gasteiger partial charge >= 0.3 is 0 Å². The smallest absolute Gasteiger partial charge is 0.185 e. The Bertz CT molecular complexity index is 538. The second-order valence-corrected chi connectivity index (χ2v) is 3.92. The average molecular weight is 222 g/mol. The van der Waals surface area contributed by atoms with Crippen LogP contribution in [-0.2, 0) is 0 Å². The second-order valence-electron chi connectivity index (χ2n) is 3.92. The third kappa shape index (κ3) is 2.91. The number of carbonyl (C=O) groups excluding carboxylic acids is 1. The van der Waals surface area contributed by atoms with Gasteiger partial charge in [-0.2, -0.15) is 0 Å². The predicted molar refractivity (Wildman–Crippen MR) is 71.0 cm³/mol. The molecule has 0 atom stereocenters. The lowest BCUT2D eigenvalue weighted by Gasteiger charge is -1.98. The normalized spacial score (nSPS) is 10.6. The lowest BCUT2D eigenvalue weighted by molar-refractivity contribution is 0.104. The van der Waals surface area contributed by atoms with E-state index in [4.69, 9.17) is 0 Å². The van der Waals surface area contributed by atoms with Gasteiger partial charge in [0.1, 0.15) is 0 Å². The van der Waals surface area contributed by atoms with E-state index >= 15 is 0 Å². The fourth-order valence-electron chi connectivity index (χ4n) is 1.64. The van der Waals surface area contributed by atoms with Crippen molar-refractivity contribution in [2.75, 3.05) is 0 Å². The van der Waals surface area contributed by atoms with Gasteiger partial charge in [-0.25, -0.2) is 0 Å². The molecule has 2 aromatic rings. The SMILES string of the molecule is Cc1ccccc1/C=C\C(=O)c1ccccc1. The maximum absolute atomic E-state index is 11.8. The molecule has 1 nitrogen and oxygen atoms in total. The predicted octanol–water partition coefficient (Wildman–Crippen LogP) is 3.89. The Hall–Kier alpha value is -2.15. The maximum atomic E-state index is 11.8. The number of ketones is 1. The number of allylic oxidation sites excluding steroid dienone is 1. The van der Waals surface area contributed by atoms with Gasteiger partial charge in [-0.3, -0.25) is 4.79 Å². The Kier molecular flexibility index (Phi) is 3.51. The highest BCUT2D eigenvalue weighted by Gasteiger charge is 1.99. The van der Waals surface area contributed by atoms with E-state index in [1.54, 1.807) is 6.08 Å². The first kappa shape index (κ1) is 11.3. The fourth-order valence-corrected chi connectivity index (χ4v) is 1.64. The molecule has 0 fully saturated rings. The quantitative estimate of drug-likeness (QED) is 0.568. The number of rotatable bonds is 3. The van der Waals surface area contributed by atoms with E-state index in [0.29, 0.717) is 0 Å². The van der Waals surface area contributed by atoms with Crippen LogP contribution in [0, 0.1) is 6.92 Å². The van der Waals surface area contributed by atoms with E-state index in [0.717, 1.165) is 11.1 Å². The van der Waals surface area contributed by atoms with Gasteiger partial charge in [-0.05, 0) is 24.1 Å². The number of hydrogen-bond donors (Lipinski definition) is 0. The molecule has 0 saturated carbocycles. The topological polar surface area (TPSA) is 17.1 Å². The van der Waals surface area contributed by atoms with Crippen LogP contribution in [0.25, 0.3) is 6.08 Å². The molecular formula is C16H14O. The van der Waals surface area contributed by atoms with Gasteiger partial charge in [-0.15, -0.1) is 0 Å². The van der Waals surface area contributed by atoms with Gasteiger partial charge in [0, 0.05) is 5.56 Å². The first-order valence-electron chi connectivity index (χ1n) is 5.60. The number of carbonyl (C=O) groups is 1. The van der Waals surface area contributed by atoms with Crippen LogP contribution in [0.3, 0.4) is 0 Å². The Morgan fingerprint density at radius 1 is 0.941 bits per heavy atom. The molecule has 0 bridgehead atoms. The Morgan fingerprint density at radius 2 is 1.59 bits per heavy atom. The Balaban J connectivity index is 2.17. The van der Waals surface area contributed by atoms with Crippen LogP contribution < -0.4 is 0 Å². The third-order valence-electron chi connectivity index (χ3n) is 2.66. The van der Waals surface area contributed by atoms with Crippen LogP contribution in [0.5, 0.6) is 0 Å². The van der Waals surface area contributed by atoms with Crippen LogP contribution >= 0.6 is 0 Å². The van der Waals surface area contributed by atoms with Crippen molar-refractivity contribution in [1.82, 2.24) is 0 Å². The molecule has 1 heteroatoms. The minimum absolute atomic E-state index is 0.0360. The van der Waals surface area contributed by atoms with Crippen LogP contribution in [0.4, 0.5) is 0 Å². The summed E-state index contributed by atoms with van der Waals surface area (Å²) in [6, 6.07) is 17.3. The summed E-state index contributed by atoms with van der Waals surface area (Å²) in [6.07, 6.45) is 3.49. The molecule has 0 aromatic heterocycles. The molecule has 0 aliphatic rings. The van der Waals surface area contributed by atoms with Crippen molar-refractivity contribution in [3.05, 3.63) is 77.4 Å². The van der Waals surface area contributed by atoms with Crippen molar-refractivity contribution in [3.63, 3.8) is 0 Å². The highest BCUT2D eigenvalue weighted by molar-refractivity contribution is 6.06. The summed E-state index contributed by atoms with van der Waals surface area (Å²) in [5.74, 6) is 0.0360. The number of hydrogen-bond acceptors (Lipinski definition) is 1. The Morgan fingerprint density at radius 3 is 2.29 bits per heavy atom. The third-order valence-corrected chi connectivity index (χ3v) is 2.66. The lowest BCUT2D eigenvalue weighted by atomic mass is 10.1. The highest BCUT2D eigenvalue weighted by atomic mass is 16.1. The van der Waals surface area contributed by atoms with Crippen LogP contribution in [0.15, 0.2) is 60.7 Å². The summed E-state index contributed by atoms with van der Waals surface area (Å²) >= 11 is 0. The molecular weight excluding hydrogens is 208 g/mol. The standard InChI is InChI=1S/C16H14O/c1-13-7-5-6-8-14(13)11-12-16(17)15-9-3-2-4-10-15/h2-12H,1H3/b12-11-. The molecule has 0 heterocycles. The molecule has 2 rings (SSSR count). The average Bonchev–Trinajstić information content (AvgIpc) is 2.38. The molecule has 84 valence electrons. The van der Waals surface area contributed by atoms with Crippen molar-refractivity contribution in [3.8, 4) is 0 Å². The van der Waals surface area contributed by atoms with Crippen molar-refractivity contribution < 1.29 is 4.79 Å². The summed E-state index contributed by atoms with van der Waals surface area (Å²) in [6.45, 7) is 2.03. The van der Waals surface area contributed by atoms with Gasteiger partial charge in [0.05, 0.1) is 0 Å². The van der Waals surface area contributed by atoms with Gasteiger partial charge in [0.25, 0.3) is 0 Å². The monoisotopic (exact) mass is 222 g/mol. The molecule has 0 unspecified atom stereocenters. The number of benzene rings is 2. The summed E-state index contributed by atoms with van der Waals surface area (Å²) < 4.78 is 0. The van der Waals surface area contributed by atoms with Gasteiger partial charge < -0.3 is 0 Å². The Labute approximate surface area is 101 Å². The summed E-state index contributed by atoms with van der Waals surface area (Å²) in [5.41, 5.74) is 2.97. The van der Waals surface area contributed by atoms with Crippen molar-refractivity contribution in [2.24, 2.45) is 0 Å². The molecule has 0 saturated heterocycles. The zero-order chi connectivity index (χ0) is 12.1. The van der Waals surface area contributed by atoms with Crippen molar-refractivity contribution in [1.29, 1.82) is 0 Å². The zero-order valence-electron chi connectivity index (χ0n) is 9.76. The summed E-state index contributed by atoms with van der Waals surface area (Å²) in [4.78, 5) is 11.8. The van der Waals surface area contributed by atoms with E-state index in [2.05, 4.69) is 0 Å². The van der Waals surface area contributed by atoms with Gasteiger partial charge in [-0.1, -0.05) is 60.7 Å². The van der Waals surface area contributed by atoms with E-state index in [1.165, 1.54) is 5.56 Å². The minimum Gasteiger partial charge on any atom is -0.289 e.